The molecule has 2 heterocycles. The molecule has 0 atom stereocenters. The van der Waals surface area contributed by atoms with E-state index in [9.17, 15) is 0 Å². The van der Waals surface area contributed by atoms with E-state index in [-0.39, 0.29) is 6.61 Å². The number of aliphatic hydroxyl groups is 1. The molecule has 0 saturated carbocycles. The molecule has 0 aliphatic rings. The lowest BCUT2D eigenvalue weighted by molar-refractivity contribution is 0.269. The summed E-state index contributed by atoms with van der Waals surface area (Å²) in [5.74, 6) is 0.806. The highest BCUT2D eigenvalue weighted by atomic mass is 16.3. The van der Waals surface area contributed by atoms with Crippen LogP contribution in [0.2, 0.25) is 0 Å². The van der Waals surface area contributed by atoms with Gasteiger partial charge in [0.1, 0.15) is 5.82 Å². The van der Waals surface area contributed by atoms with Crippen LogP contribution in [0.4, 0.5) is 5.82 Å². The van der Waals surface area contributed by atoms with Crippen molar-refractivity contribution in [3.63, 3.8) is 0 Å². The maximum Gasteiger partial charge on any atom is 0.148 e. The Hall–Kier alpha value is -1.82. The SMILES string of the molecule is CC(C)n1nccc1CNc1ccn(CCO)n1. The molecule has 0 bridgehead atoms. The van der Waals surface area contributed by atoms with Crippen molar-refractivity contribution in [2.24, 2.45) is 0 Å². The number of aromatic nitrogens is 4. The Labute approximate surface area is 106 Å². The average Bonchev–Trinajstić information content (AvgIpc) is 2.95. The van der Waals surface area contributed by atoms with Crippen LogP contribution in [0, 0.1) is 0 Å². The molecule has 0 spiro atoms. The summed E-state index contributed by atoms with van der Waals surface area (Å²) in [6, 6.07) is 4.24. The van der Waals surface area contributed by atoms with E-state index < -0.39 is 0 Å². The van der Waals surface area contributed by atoms with Crippen LogP contribution in [-0.2, 0) is 13.1 Å². The van der Waals surface area contributed by atoms with E-state index in [1.54, 1.807) is 10.9 Å². The zero-order valence-corrected chi connectivity index (χ0v) is 10.7. The van der Waals surface area contributed by atoms with Crippen LogP contribution in [0.5, 0.6) is 0 Å². The van der Waals surface area contributed by atoms with Crippen molar-refractivity contribution in [3.05, 3.63) is 30.2 Å². The second-order valence-electron chi connectivity index (χ2n) is 4.40. The van der Waals surface area contributed by atoms with E-state index in [4.69, 9.17) is 5.11 Å². The fourth-order valence-corrected chi connectivity index (χ4v) is 1.81. The first-order valence-electron chi connectivity index (χ1n) is 6.11. The highest BCUT2D eigenvalue weighted by Crippen LogP contribution is 2.10. The van der Waals surface area contributed by atoms with Crippen LogP contribution in [0.3, 0.4) is 0 Å². The number of rotatable bonds is 6. The van der Waals surface area contributed by atoms with Crippen LogP contribution in [-0.4, -0.2) is 31.3 Å². The van der Waals surface area contributed by atoms with Crippen molar-refractivity contribution in [2.45, 2.75) is 33.0 Å². The molecule has 2 aromatic heterocycles. The van der Waals surface area contributed by atoms with Gasteiger partial charge < -0.3 is 10.4 Å². The first kappa shape index (κ1) is 12.6. The van der Waals surface area contributed by atoms with Gasteiger partial charge in [-0.05, 0) is 19.9 Å². The normalized spacial score (nSPS) is 11.1. The molecule has 2 aromatic rings. The summed E-state index contributed by atoms with van der Waals surface area (Å²) in [6.07, 6.45) is 3.65. The minimum Gasteiger partial charge on any atom is -0.394 e. The van der Waals surface area contributed by atoms with Gasteiger partial charge in [0.15, 0.2) is 0 Å². The van der Waals surface area contributed by atoms with Crippen LogP contribution in [0.15, 0.2) is 24.5 Å². The number of anilines is 1. The third kappa shape index (κ3) is 2.89. The third-order valence-corrected chi connectivity index (χ3v) is 2.66. The van der Waals surface area contributed by atoms with E-state index in [1.165, 1.54) is 0 Å². The second-order valence-corrected chi connectivity index (χ2v) is 4.40. The Balaban J connectivity index is 1.96. The van der Waals surface area contributed by atoms with Crippen molar-refractivity contribution in [1.29, 1.82) is 0 Å². The van der Waals surface area contributed by atoms with Gasteiger partial charge in [-0.2, -0.15) is 10.2 Å². The lowest BCUT2D eigenvalue weighted by Crippen LogP contribution is -2.11. The molecule has 0 aliphatic heterocycles. The Kier molecular flexibility index (Phi) is 3.99. The number of hydrogen-bond acceptors (Lipinski definition) is 4. The van der Waals surface area contributed by atoms with Gasteiger partial charge in [0.2, 0.25) is 0 Å². The molecule has 0 amide bonds. The maximum atomic E-state index is 8.81. The zero-order valence-electron chi connectivity index (χ0n) is 10.7. The lowest BCUT2D eigenvalue weighted by atomic mass is 10.3. The summed E-state index contributed by atoms with van der Waals surface area (Å²) < 4.78 is 3.69. The first-order chi connectivity index (χ1) is 8.70. The molecule has 0 fully saturated rings. The van der Waals surface area contributed by atoms with Gasteiger partial charge in [-0.15, -0.1) is 0 Å². The molecule has 6 heteroatoms. The molecule has 0 unspecified atom stereocenters. The quantitative estimate of drug-likeness (QED) is 0.809. The summed E-state index contributed by atoms with van der Waals surface area (Å²) in [5.41, 5.74) is 1.13. The summed E-state index contributed by atoms with van der Waals surface area (Å²) >= 11 is 0. The Morgan fingerprint density at radius 2 is 2.22 bits per heavy atom. The molecule has 0 saturated heterocycles. The highest BCUT2D eigenvalue weighted by Gasteiger charge is 2.06. The van der Waals surface area contributed by atoms with Gasteiger partial charge in [0.25, 0.3) is 0 Å². The highest BCUT2D eigenvalue weighted by molar-refractivity contribution is 5.32. The van der Waals surface area contributed by atoms with Crippen molar-refractivity contribution in [1.82, 2.24) is 19.6 Å². The van der Waals surface area contributed by atoms with Gasteiger partial charge in [0.05, 0.1) is 25.4 Å². The predicted molar refractivity (Wildman–Crippen MR) is 69.3 cm³/mol. The fourth-order valence-electron chi connectivity index (χ4n) is 1.81. The van der Waals surface area contributed by atoms with Crippen molar-refractivity contribution in [3.8, 4) is 0 Å². The molecule has 0 radical (unpaired) electrons. The molecule has 98 valence electrons. The zero-order chi connectivity index (χ0) is 13.0. The number of aliphatic hydroxyl groups excluding tert-OH is 1. The topological polar surface area (TPSA) is 67.9 Å². The Bertz CT molecular complexity index is 488. The van der Waals surface area contributed by atoms with E-state index in [2.05, 4.69) is 29.4 Å². The minimum absolute atomic E-state index is 0.0985. The van der Waals surface area contributed by atoms with E-state index >= 15 is 0 Å². The van der Waals surface area contributed by atoms with Crippen molar-refractivity contribution in [2.75, 3.05) is 11.9 Å². The molecule has 18 heavy (non-hydrogen) atoms. The Morgan fingerprint density at radius 1 is 1.39 bits per heavy atom. The molecule has 2 N–H and O–H groups in total. The van der Waals surface area contributed by atoms with Crippen molar-refractivity contribution < 1.29 is 5.11 Å². The van der Waals surface area contributed by atoms with E-state index in [0.29, 0.717) is 19.1 Å². The third-order valence-electron chi connectivity index (χ3n) is 2.66. The first-order valence-corrected chi connectivity index (χ1v) is 6.11. The van der Waals surface area contributed by atoms with Gasteiger partial charge in [0, 0.05) is 24.5 Å². The van der Waals surface area contributed by atoms with Gasteiger partial charge in [-0.3, -0.25) is 9.36 Å². The smallest absolute Gasteiger partial charge is 0.148 e. The summed E-state index contributed by atoms with van der Waals surface area (Å²) in [4.78, 5) is 0. The van der Waals surface area contributed by atoms with Gasteiger partial charge >= 0.3 is 0 Å². The molecule has 0 aliphatic carbocycles. The monoisotopic (exact) mass is 249 g/mol. The molecular formula is C12H19N5O. The molecule has 6 nitrogen and oxygen atoms in total. The van der Waals surface area contributed by atoms with Gasteiger partial charge in [-0.1, -0.05) is 0 Å². The fraction of sp³-hybridized carbons (Fsp3) is 0.500. The van der Waals surface area contributed by atoms with Gasteiger partial charge in [-0.25, -0.2) is 0 Å². The standard InChI is InChI=1S/C12H19N5O/c1-10(2)17-11(3-5-14-17)9-13-12-4-6-16(15-12)7-8-18/h3-6,10,18H,7-9H2,1-2H3,(H,13,15). The van der Waals surface area contributed by atoms with E-state index in [0.717, 1.165) is 11.5 Å². The number of nitrogens with zero attached hydrogens (tertiary/aromatic N) is 4. The minimum atomic E-state index is 0.0985. The van der Waals surface area contributed by atoms with Crippen LogP contribution >= 0.6 is 0 Å². The maximum absolute atomic E-state index is 8.81. The predicted octanol–water partition coefficient (Wildman–Crippen LogP) is 1.26. The van der Waals surface area contributed by atoms with Crippen molar-refractivity contribution >= 4 is 5.82 Å². The largest absolute Gasteiger partial charge is 0.394 e. The second kappa shape index (κ2) is 5.68. The van der Waals surface area contributed by atoms with E-state index in [1.807, 2.05) is 23.0 Å². The Morgan fingerprint density at radius 3 is 2.94 bits per heavy atom. The molecular weight excluding hydrogens is 230 g/mol. The lowest BCUT2D eigenvalue weighted by Gasteiger charge is -2.11. The van der Waals surface area contributed by atoms with Crippen LogP contribution in [0.25, 0.3) is 0 Å². The summed E-state index contributed by atoms with van der Waals surface area (Å²) in [5, 5.41) is 20.6. The summed E-state index contributed by atoms with van der Waals surface area (Å²) in [7, 11) is 0. The number of nitrogens with one attached hydrogen (secondary N) is 1. The average molecular weight is 249 g/mol. The molecule has 2 rings (SSSR count). The number of hydrogen-bond donors (Lipinski definition) is 2. The summed E-state index contributed by atoms with van der Waals surface area (Å²) in [6.45, 7) is 5.51. The van der Waals surface area contributed by atoms with Crippen LogP contribution < -0.4 is 5.32 Å². The molecule has 0 aromatic carbocycles. The van der Waals surface area contributed by atoms with Crippen LogP contribution in [0.1, 0.15) is 25.6 Å².